The van der Waals surface area contributed by atoms with E-state index in [2.05, 4.69) is 62.5 Å². The molecule has 2 aromatic carbocycles. The van der Waals surface area contributed by atoms with Gasteiger partial charge in [-0.3, -0.25) is 4.79 Å². The molecule has 30 heavy (non-hydrogen) atoms. The lowest BCUT2D eigenvalue weighted by Gasteiger charge is -2.33. The molecule has 0 atom stereocenters. The Balaban J connectivity index is 1.45. The van der Waals surface area contributed by atoms with Crippen molar-refractivity contribution >= 4 is 28.9 Å². The lowest BCUT2D eigenvalue weighted by molar-refractivity contribution is -0.917. The molecule has 2 N–H and O–H groups in total. The molecule has 2 aromatic rings. The maximum Gasteiger partial charge on any atom is 0.242 e. The molecular formula is C24H33N4OS+. The summed E-state index contributed by atoms with van der Waals surface area (Å²) in [5.74, 6) is 0.136. The first-order chi connectivity index (χ1) is 14.3. The second kappa shape index (κ2) is 10.0. The maximum atomic E-state index is 12.8. The van der Waals surface area contributed by atoms with Crippen LogP contribution in [-0.2, 0) is 11.3 Å². The van der Waals surface area contributed by atoms with Crippen LogP contribution in [0.5, 0.6) is 0 Å². The summed E-state index contributed by atoms with van der Waals surface area (Å²) in [7, 11) is 1.87. The zero-order chi connectivity index (χ0) is 21.7. The molecule has 1 saturated heterocycles. The molecule has 1 aliphatic rings. The number of quaternary nitrogens is 1. The van der Waals surface area contributed by atoms with E-state index in [-0.39, 0.29) is 5.91 Å². The number of hydrogen-bond acceptors (Lipinski definition) is 2. The minimum atomic E-state index is 0.136. The molecule has 0 saturated carbocycles. The molecule has 0 bridgehead atoms. The highest BCUT2D eigenvalue weighted by atomic mass is 32.1. The highest BCUT2D eigenvalue weighted by Gasteiger charge is 2.24. The number of carbonyl (C=O) groups is 1. The first-order valence-electron chi connectivity index (χ1n) is 10.6. The number of carbonyl (C=O) groups excluding carboxylic acids is 1. The van der Waals surface area contributed by atoms with Gasteiger partial charge in [-0.2, -0.15) is 0 Å². The monoisotopic (exact) mass is 425 g/mol. The van der Waals surface area contributed by atoms with Crippen molar-refractivity contribution in [2.75, 3.05) is 45.1 Å². The van der Waals surface area contributed by atoms with Crippen molar-refractivity contribution in [2.24, 2.45) is 0 Å². The van der Waals surface area contributed by atoms with Gasteiger partial charge in [-0.1, -0.05) is 35.9 Å². The zero-order valence-electron chi connectivity index (χ0n) is 18.5. The summed E-state index contributed by atoms with van der Waals surface area (Å²) in [6.07, 6.45) is 0. The van der Waals surface area contributed by atoms with Crippen LogP contribution in [0.15, 0.2) is 42.5 Å². The Kier molecular flexibility index (Phi) is 7.45. The molecule has 1 aliphatic heterocycles. The third-order valence-electron chi connectivity index (χ3n) is 5.84. The summed E-state index contributed by atoms with van der Waals surface area (Å²) >= 11 is 5.50. The maximum absolute atomic E-state index is 12.8. The zero-order valence-corrected chi connectivity index (χ0v) is 19.3. The van der Waals surface area contributed by atoms with Crippen molar-refractivity contribution in [1.82, 2.24) is 9.80 Å². The van der Waals surface area contributed by atoms with Crippen molar-refractivity contribution in [3.05, 3.63) is 64.7 Å². The Labute approximate surface area is 185 Å². The first-order valence-corrected chi connectivity index (χ1v) is 11.0. The molecule has 3 rings (SSSR count). The van der Waals surface area contributed by atoms with Gasteiger partial charge in [-0.05, 0) is 56.2 Å². The highest BCUT2D eigenvalue weighted by molar-refractivity contribution is 7.80. The summed E-state index contributed by atoms with van der Waals surface area (Å²) in [5.41, 5.74) is 6.09. The molecule has 0 radical (unpaired) electrons. The molecule has 0 aliphatic carbocycles. The third kappa shape index (κ3) is 6.03. The van der Waals surface area contributed by atoms with Gasteiger partial charge in [0.05, 0.1) is 32.7 Å². The van der Waals surface area contributed by atoms with Gasteiger partial charge in [-0.25, -0.2) is 0 Å². The summed E-state index contributed by atoms with van der Waals surface area (Å²) < 4.78 is 0. The van der Waals surface area contributed by atoms with Gasteiger partial charge in [0.25, 0.3) is 0 Å². The topological polar surface area (TPSA) is 40.0 Å². The van der Waals surface area contributed by atoms with Crippen molar-refractivity contribution < 1.29 is 9.69 Å². The number of thiocarbonyl (C=S) groups is 1. The molecule has 5 nitrogen and oxygen atoms in total. The van der Waals surface area contributed by atoms with Crippen LogP contribution in [0, 0.1) is 20.8 Å². The largest absolute Gasteiger partial charge is 0.343 e. The van der Waals surface area contributed by atoms with Crippen LogP contribution in [0.4, 0.5) is 5.69 Å². The molecule has 0 spiro atoms. The number of aryl methyl sites for hydroxylation is 3. The van der Waals surface area contributed by atoms with Crippen molar-refractivity contribution in [3.63, 3.8) is 0 Å². The number of anilines is 1. The summed E-state index contributed by atoms with van der Waals surface area (Å²) in [6, 6.07) is 14.9. The smallest absolute Gasteiger partial charge is 0.242 e. The van der Waals surface area contributed by atoms with Crippen LogP contribution in [0.1, 0.15) is 22.3 Å². The van der Waals surface area contributed by atoms with E-state index in [0.29, 0.717) is 11.7 Å². The quantitative estimate of drug-likeness (QED) is 0.721. The van der Waals surface area contributed by atoms with Crippen LogP contribution in [0.2, 0.25) is 0 Å². The predicted octanol–water partition coefficient (Wildman–Crippen LogP) is 2.17. The standard InChI is InChI=1S/C24H32N4OS/c1-18-6-5-7-21(14-18)16-27-10-12-28(13-11-27)23(29)17-26(4)24(30)25-22-9-8-19(2)20(3)15-22/h5-9,14-15H,10-13,16-17H2,1-4H3,(H,25,30)/p+1. The van der Waals surface area contributed by atoms with E-state index in [0.717, 1.165) is 38.4 Å². The summed E-state index contributed by atoms with van der Waals surface area (Å²) in [4.78, 5) is 18.1. The van der Waals surface area contributed by atoms with Crippen LogP contribution in [0.3, 0.4) is 0 Å². The van der Waals surface area contributed by atoms with E-state index in [4.69, 9.17) is 12.2 Å². The van der Waals surface area contributed by atoms with E-state index >= 15 is 0 Å². The molecule has 0 unspecified atom stereocenters. The van der Waals surface area contributed by atoms with Gasteiger partial charge in [-0.15, -0.1) is 0 Å². The fraction of sp³-hybridized carbons (Fsp3) is 0.417. The Morgan fingerprint density at radius 3 is 2.50 bits per heavy atom. The van der Waals surface area contributed by atoms with Gasteiger partial charge in [0.2, 0.25) is 5.91 Å². The molecule has 1 amide bonds. The average Bonchev–Trinajstić information content (AvgIpc) is 2.71. The second-order valence-electron chi connectivity index (χ2n) is 8.38. The minimum absolute atomic E-state index is 0.136. The van der Waals surface area contributed by atoms with Gasteiger partial charge < -0.3 is 20.0 Å². The van der Waals surface area contributed by atoms with E-state index in [1.807, 2.05) is 22.9 Å². The number of rotatable bonds is 5. The number of nitrogens with zero attached hydrogens (tertiary/aromatic N) is 2. The Morgan fingerprint density at radius 2 is 1.83 bits per heavy atom. The van der Waals surface area contributed by atoms with E-state index < -0.39 is 0 Å². The minimum Gasteiger partial charge on any atom is -0.343 e. The van der Waals surface area contributed by atoms with Crippen LogP contribution in [0.25, 0.3) is 0 Å². The lowest BCUT2D eigenvalue weighted by atomic mass is 10.1. The number of piperazine rings is 1. The first kappa shape index (κ1) is 22.2. The molecule has 0 aromatic heterocycles. The average molecular weight is 426 g/mol. The van der Waals surface area contributed by atoms with Gasteiger partial charge >= 0.3 is 0 Å². The molecule has 6 heteroatoms. The summed E-state index contributed by atoms with van der Waals surface area (Å²) in [5, 5.41) is 3.80. The highest BCUT2D eigenvalue weighted by Crippen LogP contribution is 2.14. The fourth-order valence-electron chi connectivity index (χ4n) is 3.77. The fourth-order valence-corrected chi connectivity index (χ4v) is 3.96. The Bertz CT molecular complexity index is 906. The van der Waals surface area contributed by atoms with Crippen molar-refractivity contribution in [3.8, 4) is 0 Å². The van der Waals surface area contributed by atoms with Gasteiger partial charge in [0, 0.05) is 18.3 Å². The molecule has 1 fully saturated rings. The SMILES string of the molecule is Cc1cccc(C[NH+]2CCN(C(=O)CN(C)C(=S)Nc3ccc(C)c(C)c3)CC2)c1. The van der Waals surface area contributed by atoms with Crippen molar-refractivity contribution in [2.45, 2.75) is 27.3 Å². The van der Waals surface area contributed by atoms with E-state index in [9.17, 15) is 4.79 Å². The lowest BCUT2D eigenvalue weighted by Crippen LogP contribution is -3.13. The molecule has 1 heterocycles. The predicted molar refractivity (Wildman–Crippen MR) is 127 cm³/mol. The number of hydrogen-bond donors (Lipinski definition) is 2. The Morgan fingerprint density at radius 1 is 1.10 bits per heavy atom. The van der Waals surface area contributed by atoms with Gasteiger partial charge in [0.15, 0.2) is 5.11 Å². The normalized spacial score (nSPS) is 14.5. The van der Waals surface area contributed by atoms with E-state index in [1.54, 1.807) is 0 Å². The van der Waals surface area contributed by atoms with Crippen LogP contribution < -0.4 is 10.2 Å². The third-order valence-corrected chi connectivity index (χ3v) is 6.25. The summed E-state index contributed by atoms with van der Waals surface area (Å²) in [6.45, 7) is 11.2. The second-order valence-corrected chi connectivity index (χ2v) is 8.77. The Hall–Kier alpha value is -2.44. The molecule has 160 valence electrons. The van der Waals surface area contributed by atoms with Crippen LogP contribution in [-0.4, -0.2) is 60.6 Å². The number of amides is 1. The van der Waals surface area contributed by atoms with Crippen LogP contribution >= 0.6 is 12.2 Å². The number of benzene rings is 2. The van der Waals surface area contributed by atoms with Gasteiger partial charge in [0.1, 0.15) is 6.54 Å². The van der Waals surface area contributed by atoms with Crippen molar-refractivity contribution in [1.29, 1.82) is 0 Å². The number of likely N-dealkylation sites (N-methyl/N-ethyl adjacent to an activating group) is 1. The van der Waals surface area contributed by atoms with E-state index in [1.165, 1.54) is 27.2 Å². The number of nitrogens with one attached hydrogen (secondary N) is 2. The molecular weight excluding hydrogens is 392 g/mol.